The van der Waals surface area contributed by atoms with E-state index in [1.54, 1.807) is 5.32 Å². The van der Waals surface area contributed by atoms with E-state index in [-0.39, 0.29) is 6.41 Å². The molecule has 0 aliphatic heterocycles. The lowest BCUT2D eigenvalue weighted by atomic mass is 10.9. The molecule has 0 saturated heterocycles. The summed E-state index contributed by atoms with van der Waals surface area (Å²) in [5, 5.41) is 3.74. The van der Waals surface area contributed by atoms with Gasteiger partial charge in [0.15, 0.2) is 0 Å². The van der Waals surface area contributed by atoms with Crippen LogP contribution in [-0.4, -0.2) is 12.4 Å². The van der Waals surface area contributed by atoms with E-state index < -0.39 is 6.03 Å². The number of nitrogens with one attached hydrogen (secondary N) is 2. The van der Waals surface area contributed by atoms with Gasteiger partial charge in [0.1, 0.15) is 0 Å². The van der Waals surface area contributed by atoms with Crippen LogP contribution < -0.4 is 10.6 Å². The molecule has 0 unspecified atom stereocenters. The molecule has 0 aromatic heterocycles. The zero-order chi connectivity index (χ0) is 5.70. The minimum absolute atomic E-state index is 0.278. The third-order valence-electron chi connectivity index (χ3n) is 0.351. The quantitative estimate of drug-likeness (QED) is 0.426. The second-order valence-corrected chi connectivity index (χ2v) is 0.768. The first-order chi connectivity index (χ1) is 3.31. The van der Waals surface area contributed by atoms with Gasteiger partial charge >= 0.3 is 6.03 Å². The van der Waals surface area contributed by atoms with Crippen molar-refractivity contribution in [1.29, 1.82) is 0 Å². The predicted octanol–water partition coefficient (Wildman–Crippen LogP) is -0.766. The van der Waals surface area contributed by atoms with Crippen LogP contribution in [0.4, 0.5) is 4.79 Å². The van der Waals surface area contributed by atoms with Gasteiger partial charge in [-0.05, 0) is 0 Å². The van der Waals surface area contributed by atoms with Crippen molar-refractivity contribution in [3.63, 3.8) is 0 Å². The average Bonchev–Trinajstić information content (AvgIpc) is 1.68. The molecule has 0 saturated carbocycles. The highest BCUT2D eigenvalue weighted by Gasteiger charge is 1.86. The van der Waals surface area contributed by atoms with Crippen LogP contribution in [0.1, 0.15) is 0 Å². The van der Waals surface area contributed by atoms with Crippen molar-refractivity contribution in [2.24, 2.45) is 0 Å². The average molecular weight is 101 g/mol. The topological polar surface area (TPSA) is 58.2 Å². The zero-order valence-electron chi connectivity index (χ0n) is 3.60. The van der Waals surface area contributed by atoms with E-state index in [1.165, 1.54) is 0 Å². The first kappa shape index (κ1) is 5.94. The van der Waals surface area contributed by atoms with Crippen LogP contribution in [0.25, 0.3) is 0 Å². The molecule has 3 amide bonds. The van der Waals surface area contributed by atoms with E-state index in [2.05, 4.69) is 7.05 Å². The van der Waals surface area contributed by atoms with Crippen molar-refractivity contribution in [1.82, 2.24) is 10.6 Å². The largest absolute Gasteiger partial charge is 0.336 e. The zero-order valence-corrected chi connectivity index (χ0v) is 3.60. The molecule has 0 spiro atoms. The molecular weight excluding hydrogens is 96.0 g/mol. The maximum Gasteiger partial charge on any atom is 0.321 e. The number of urea groups is 1. The Balaban J connectivity index is 3.17. The second kappa shape index (κ2) is 3.14. The predicted molar refractivity (Wildman–Crippen MR) is 23.1 cm³/mol. The summed E-state index contributed by atoms with van der Waals surface area (Å²) < 4.78 is 0. The fraction of sp³-hybridized carbons (Fsp3) is 0. The molecule has 0 aromatic rings. The Morgan fingerprint density at radius 1 is 1.71 bits per heavy atom. The van der Waals surface area contributed by atoms with Crippen LogP contribution in [0.5, 0.6) is 0 Å². The molecule has 0 aliphatic carbocycles. The van der Waals surface area contributed by atoms with Crippen LogP contribution in [-0.2, 0) is 4.79 Å². The van der Waals surface area contributed by atoms with Gasteiger partial charge in [-0.25, -0.2) is 4.79 Å². The van der Waals surface area contributed by atoms with Gasteiger partial charge in [0.25, 0.3) is 0 Å². The van der Waals surface area contributed by atoms with Crippen molar-refractivity contribution in [3.8, 4) is 0 Å². The summed E-state index contributed by atoms with van der Waals surface area (Å²) in [6.07, 6.45) is 0.278. The van der Waals surface area contributed by atoms with Crippen molar-refractivity contribution in [2.45, 2.75) is 0 Å². The Morgan fingerprint density at radius 2 is 2.29 bits per heavy atom. The smallest absolute Gasteiger partial charge is 0.321 e. The molecule has 0 atom stereocenters. The van der Waals surface area contributed by atoms with E-state index in [0.717, 1.165) is 0 Å². The Hall–Kier alpha value is -1.06. The van der Waals surface area contributed by atoms with E-state index in [9.17, 15) is 9.59 Å². The summed E-state index contributed by atoms with van der Waals surface area (Å²) in [4.78, 5) is 19.3. The third kappa shape index (κ3) is 2.75. The fourth-order valence-corrected chi connectivity index (χ4v) is 0.105. The molecule has 4 heteroatoms. The molecule has 2 N–H and O–H groups in total. The molecule has 0 aliphatic rings. The number of hydrogen-bond donors (Lipinski definition) is 2. The molecule has 1 radical (unpaired) electrons. The highest BCUT2D eigenvalue weighted by Crippen LogP contribution is 1.51. The highest BCUT2D eigenvalue weighted by atomic mass is 16.2. The van der Waals surface area contributed by atoms with Crippen LogP contribution in [0.2, 0.25) is 0 Å². The van der Waals surface area contributed by atoms with Gasteiger partial charge in [-0.15, -0.1) is 0 Å². The van der Waals surface area contributed by atoms with Crippen LogP contribution in [0.3, 0.4) is 0 Å². The minimum atomic E-state index is -0.602. The first-order valence-electron chi connectivity index (χ1n) is 1.58. The summed E-state index contributed by atoms with van der Waals surface area (Å²) in [6.45, 7) is 0. The lowest BCUT2D eigenvalue weighted by Crippen LogP contribution is -2.29. The van der Waals surface area contributed by atoms with Crippen LogP contribution in [0.15, 0.2) is 0 Å². The monoisotopic (exact) mass is 101 g/mol. The van der Waals surface area contributed by atoms with Crippen molar-refractivity contribution in [3.05, 3.63) is 7.05 Å². The van der Waals surface area contributed by atoms with Gasteiger partial charge in [-0.3, -0.25) is 10.1 Å². The van der Waals surface area contributed by atoms with Crippen LogP contribution >= 0.6 is 0 Å². The summed E-state index contributed by atoms with van der Waals surface area (Å²) in [5.74, 6) is 0. The molecule has 7 heavy (non-hydrogen) atoms. The Morgan fingerprint density at radius 3 is 2.43 bits per heavy atom. The Bertz CT molecular complexity index is 81.0. The number of imide groups is 1. The van der Waals surface area contributed by atoms with Gasteiger partial charge in [0, 0.05) is 7.05 Å². The van der Waals surface area contributed by atoms with Crippen LogP contribution in [0, 0.1) is 7.05 Å². The normalized spacial score (nSPS) is 7.00. The summed E-state index contributed by atoms with van der Waals surface area (Å²) >= 11 is 0. The fourth-order valence-electron chi connectivity index (χ4n) is 0.105. The standard InChI is InChI=1S/C3H5N2O2/c1-4-3(7)5-2-6/h2H,1H2,(H2,4,5,6,7). The lowest BCUT2D eigenvalue weighted by Gasteiger charge is -1.89. The van der Waals surface area contributed by atoms with Crippen molar-refractivity contribution >= 4 is 12.4 Å². The molecule has 0 rings (SSSR count). The molecule has 0 fully saturated rings. The molecule has 0 heterocycles. The molecule has 0 aromatic carbocycles. The Kier molecular flexibility index (Phi) is 2.67. The van der Waals surface area contributed by atoms with E-state index in [1.807, 2.05) is 5.32 Å². The summed E-state index contributed by atoms with van der Waals surface area (Å²) in [6, 6.07) is -0.602. The number of rotatable bonds is 1. The third-order valence-corrected chi connectivity index (χ3v) is 0.351. The maximum atomic E-state index is 9.90. The first-order valence-corrected chi connectivity index (χ1v) is 1.58. The summed E-state index contributed by atoms with van der Waals surface area (Å²) in [7, 11) is 2.98. The maximum absolute atomic E-state index is 9.90. The van der Waals surface area contributed by atoms with E-state index in [0.29, 0.717) is 0 Å². The number of hydrogen-bond acceptors (Lipinski definition) is 2. The minimum Gasteiger partial charge on any atom is -0.336 e. The van der Waals surface area contributed by atoms with Gasteiger partial charge in [0.2, 0.25) is 6.41 Å². The number of amides is 3. The van der Waals surface area contributed by atoms with E-state index >= 15 is 0 Å². The van der Waals surface area contributed by atoms with E-state index in [4.69, 9.17) is 0 Å². The molecule has 0 bridgehead atoms. The lowest BCUT2D eigenvalue weighted by molar-refractivity contribution is -0.108. The van der Waals surface area contributed by atoms with Gasteiger partial charge in [0.05, 0.1) is 0 Å². The Labute approximate surface area is 40.9 Å². The number of carbonyl (C=O) groups is 2. The highest BCUT2D eigenvalue weighted by molar-refractivity contribution is 5.84. The molecule has 4 nitrogen and oxygen atoms in total. The van der Waals surface area contributed by atoms with Gasteiger partial charge < -0.3 is 5.32 Å². The molecule has 39 valence electrons. The molecular formula is C3H5N2O2. The van der Waals surface area contributed by atoms with Gasteiger partial charge in [-0.2, -0.15) is 0 Å². The number of carbonyl (C=O) groups excluding carboxylic acids is 2. The van der Waals surface area contributed by atoms with Crippen molar-refractivity contribution in [2.75, 3.05) is 0 Å². The van der Waals surface area contributed by atoms with Gasteiger partial charge in [-0.1, -0.05) is 0 Å². The SMILES string of the molecule is [CH2]NC(=O)NC=O. The van der Waals surface area contributed by atoms with Crippen molar-refractivity contribution < 1.29 is 9.59 Å². The summed E-state index contributed by atoms with van der Waals surface area (Å²) in [5.41, 5.74) is 0. The second-order valence-electron chi connectivity index (χ2n) is 0.768.